The Bertz CT molecular complexity index is 1120. The lowest BCUT2D eigenvalue weighted by atomic mass is 10.0. The molecule has 0 saturated carbocycles. The molecule has 32 heavy (non-hydrogen) atoms. The summed E-state index contributed by atoms with van der Waals surface area (Å²) in [5.74, 6) is 0.761. The second kappa shape index (κ2) is 8.87. The van der Waals surface area contributed by atoms with Gasteiger partial charge in [-0.25, -0.2) is 4.79 Å². The molecule has 0 unspecified atom stereocenters. The van der Waals surface area contributed by atoms with Crippen LogP contribution < -0.4 is 5.32 Å². The van der Waals surface area contributed by atoms with E-state index in [0.717, 1.165) is 42.3 Å². The van der Waals surface area contributed by atoms with Crippen LogP contribution in [0.3, 0.4) is 0 Å². The molecule has 5 nitrogen and oxygen atoms in total. The quantitative estimate of drug-likeness (QED) is 0.616. The molecular formula is C26H27N3O2S. The Morgan fingerprint density at radius 2 is 1.66 bits per heavy atom. The van der Waals surface area contributed by atoms with Crippen molar-refractivity contribution in [1.82, 2.24) is 9.80 Å². The monoisotopic (exact) mass is 445 g/mol. The first-order valence-electron chi connectivity index (χ1n) is 11.2. The average Bonchev–Trinajstić information content (AvgIpc) is 3.13. The van der Waals surface area contributed by atoms with Crippen LogP contribution in [0.15, 0.2) is 72.8 Å². The zero-order valence-corrected chi connectivity index (χ0v) is 18.8. The van der Waals surface area contributed by atoms with Gasteiger partial charge in [-0.3, -0.25) is 4.79 Å². The van der Waals surface area contributed by atoms with Crippen molar-refractivity contribution < 1.29 is 9.59 Å². The molecule has 2 fully saturated rings. The van der Waals surface area contributed by atoms with E-state index in [9.17, 15) is 9.59 Å². The number of hydrogen-bond donors (Lipinski definition) is 1. The Kier molecular flexibility index (Phi) is 5.79. The molecule has 1 N–H and O–H groups in total. The van der Waals surface area contributed by atoms with Crippen molar-refractivity contribution in [1.29, 1.82) is 0 Å². The van der Waals surface area contributed by atoms with E-state index in [2.05, 4.69) is 22.3 Å². The highest BCUT2D eigenvalue weighted by Crippen LogP contribution is 2.44. The molecule has 1 spiro atoms. The van der Waals surface area contributed by atoms with Gasteiger partial charge in [0.15, 0.2) is 0 Å². The molecule has 2 heterocycles. The van der Waals surface area contributed by atoms with Crippen molar-refractivity contribution >= 4 is 40.2 Å². The predicted molar refractivity (Wildman–Crippen MR) is 131 cm³/mol. The molecule has 0 aliphatic carbocycles. The summed E-state index contributed by atoms with van der Waals surface area (Å²) in [6.07, 6.45) is 2.47. The Morgan fingerprint density at radius 3 is 2.47 bits per heavy atom. The first kappa shape index (κ1) is 20.9. The van der Waals surface area contributed by atoms with Gasteiger partial charge in [-0.15, -0.1) is 11.8 Å². The number of rotatable bonds is 4. The molecule has 3 aromatic rings. The third-order valence-electron chi connectivity index (χ3n) is 6.59. The lowest BCUT2D eigenvalue weighted by molar-refractivity contribution is -0.131. The third kappa shape index (κ3) is 4.07. The largest absolute Gasteiger partial charge is 0.327 e. The number of likely N-dealkylation sites (tertiary alicyclic amines) is 1. The third-order valence-corrected chi connectivity index (χ3v) is 8.14. The summed E-state index contributed by atoms with van der Waals surface area (Å²) in [6.45, 7) is 2.04. The number of anilines is 1. The number of benzene rings is 3. The van der Waals surface area contributed by atoms with Gasteiger partial charge < -0.3 is 15.1 Å². The normalized spacial score (nSPS) is 17.8. The Morgan fingerprint density at radius 1 is 0.938 bits per heavy atom. The minimum Gasteiger partial charge on any atom is -0.327 e. The molecular weight excluding hydrogens is 418 g/mol. The maximum atomic E-state index is 13.0. The zero-order chi connectivity index (χ0) is 22.0. The number of fused-ring (bicyclic) bond motifs is 1. The van der Waals surface area contributed by atoms with E-state index in [1.165, 1.54) is 5.56 Å². The molecule has 2 saturated heterocycles. The smallest absolute Gasteiger partial charge is 0.321 e. The fourth-order valence-electron chi connectivity index (χ4n) is 4.80. The van der Waals surface area contributed by atoms with Gasteiger partial charge in [-0.05, 0) is 36.3 Å². The molecule has 5 rings (SSSR count). The number of nitrogens with zero attached hydrogens (tertiary/aromatic N) is 2. The molecule has 0 aromatic heterocycles. The second-order valence-electron chi connectivity index (χ2n) is 8.46. The van der Waals surface area contributed by atoms with E-state index >= 15 is 0 Å². The van der Waals surface area contributed by atoms with Gasteiger partial charge in [0.2, 0.25) is 5.91 Å². The van der Waals surface area contributed by atoms with Crippen LogP contribution in [0.1, 0.15) is 18.4 Å². The number of piperidine rings is 1. The summed E-state index contributed by atoms with van der Waals surface area (Å²) in [5, 5.41) is 5.25. The molecule has 2 aliphatic rings. The van der Waals surface area contributed by atoms with Crippen LogP contribution in [-0.2, 0) is 11.2 Å². The Labute approximate surface area is 192 Å². The molecule has 3 amide bonds. The summed E-state index contributed by atoms with van der Waals surface area (Å²) >= 11 is 1.75. The lowest BCUT2D eigenvalue weighted by Crippen LogP contribution is -2.54. The van der Waals surface area contributed by atoms with Crippen LogP contribution in [0.25, 0.3) is 10.8 Å². The maximum Gasteiger partial charge on any atom is 0.321 e. The van der Waals surface area contributed by atoms with E-state index in [1.807, 2.05) is 65.6 Å². The number of urea groups is 1. The van der Waals surface area contributed by atoms with Crippen molar-refractivity contribution in [2.75, 3.05) is 30.7 Å². The zero-order valence-electron chi connectivity index (χ0n) is 18.0. The van der Waals surface area contributed by atoms with Crippen LogP contribution in [0, 0.1) is 0 Å². The highest BCUT2D eigenvalue weighted by molar-refractivity contribution is 8.01. The molecule has 2 aliphatic heterocycles. The number of amides is 3. The van der Waals surface area contributed by atoms with Crippen molar-refractivity contribution in [3.8, 4) is 0 Å². The van der Waals surface area contributed by atoms with E-state index in [-0.39, 0.29) is 16.8 Å². The average molecular weight is 446 g/mol. The van der Waals surface area contributed by atoms with Crippen LogP contribution in [-0.4, -0.2) is 52.0 Å². The topological polar surface area (TPSA) is 52.7 Å². The Balaban J connectivity index is 1.23. The maximum absolute atomic E-state index is 13.0. The molecule has 0 radical (unpaired) electrons. The van der Waals surface area contributed by atoms with Gasteiger partial charge in [0, 0.05) is 25.0 Å². The highest BCUT2D eigenvalue weighted by Gasteiger charge is 2.48. The summed E-state index contributed by atoms with van der Waals surface area (Å²) in [6, 6.07) is 24.3. The minimum absolute atomic E-state index is 0.0682. The second-order valence-corrected chi connectivity index (χ2v) is 9.80. The van der Waals surface area contributed by atoms with Gasteiger partial charge in [0.1, 0.15) is 0 Å². The first-order chi connectivity index (χ1) is 15.6. The van der Waals surface area contributed by atoms with Crippen molar-refractivity contribution in [3.05, 3.63) is 78.4 Å². The molecule has 164 valence electrons. The molecule has 6 heteroatoms. The number of hydrogen-bond acceptors (Lipinski definition) is 3. The van der Waals surface area contributed by atoms with Gasteiger partial charge in [0.05, 0.1) is 16.3 Å². The number of thioether (sulfide) groups is 1. The fraction of sp³-hybridized carbons (Fsp3) is 0.308. The van der Waals surface area contributed by atoms with E-state index in [0.29, 0.717) is 18.8 Å². The van der Waals surface area contributed by atoms with Crippen LogP contribution >= 0.6 is 11.8 Å². The summed E-state index contributed by atoms with van der Waals surface area (Å²) < 4.78 is 0. The fourth-order valence-corrected chi connectivity index (χ4v) is 6.16. The number of carbonyl (C=O) groups excluding carboxylic acids is 2. The van der Waals surface area contributed by atoms with Crippen LogP contribution in [0.4, 0.5) is 10.5 Å². The standard InChI is InChI=1S/C26H27N3O2S/c30-24-19-32-26(29(24)16-13-20-7-2-1-3-8-20)14-17-28(18-15-26)25(31)27-23-12-6-10-21-9-4-5-11-22(21)23/h1-12H,13-19H2,(H,27,31). The lowest BCUT2D eigenvalue weighted by Gasteiger charge is -2.44. The van der Waals surface area contributed by atoms with E-state index in [4.69, 9.17) is 0 Å². The molecule has 0 bridgehead atoms. The van der Waals surface area contributed by atoms with Crippen molar-refractivity contribution in [2.24, 2.45) is 0 Å². The van der Waals surface area contributed by atoms with E-state index < -0.39 is 0 Å². The minimum atomic E-state index is -0.178. The summed E-state index contributed by atoms with van der Waals surface area (Å²) in [4.78, 5) is 29.4. The summed E-state index contributed by atoms with van der Waals surface area (Å²) in [7, 11) is 0. The Hall–Kier alpha value is -2.99. The predicted octanol–water partition coefficient (Wildman–Crippen LogP) is 4.98. The summed E-state index contributed by atoms with van der Waals surface area (Å²) in [5.41, 5.74) is 2.09. The van der Waals surface area contributed by atoms with Crippen molar-refractivity contribution in [2.45, 2.75) is 24.1 Å². The van der Waals surface area contributed by atoms with Crippen LogP contribution in [0.2, 0.25) is 0 Å². The van der Waals surface area contributed by atoms with Gasteiger partial charge >= 0.3 is 6.03 Å². The van der Waals surface area contributed by atoms with Gasteiger partial charge in [-0.1, -0.05) is 66.7 Å². The number of carbonyl (C=O) groups is 2. The van der Waals surface area contributed by atoms with Crippen molar-refractivity contribution in [3.63, 3.8) is 0 Å². The number of nitrogens with one attached hydrogen (secondary N) is 1. The first-order valence-corrected chi connectivity index (χ1v) is 12.2. The van der Waals surface area contributed by atoms with Gasteiger partial charge in [0.25, 0.3) is 0 Å². The molecule has 3 aromatic carbocycles. The van der Waals surface area contributed by atoms with Gasteiger partial charge in [-0.2, -0.15) is 0 Å². The highest BCUT2D eigenvalue weighted by atomic mass is 32.2. The van der Waals surface area contributed by atoms with Crippen LogP contribution in [0.5, 0.6) is 0 Å². The SMILES string of the molecule is O=C(Nc1cccc2ccccc12)N1CCC2(CC1)SCC(=O)N2CCc1ccccc1. The van der Waals surface area contributed by atoms with E-state index in [1.54, 1.807) is 11.8 Å². The molecule has 0 atom stereocenters.